The van der Waals surface area contributed by atoms with E-state index in [9.17, 15) is 4.79 Å². The fourth-order valence-electron chi connectivity index (χ4n) is 1.30. The van der Waals surface area contributed by atoms with Crippen molar-refractivity contribution in [2.75, 3.05) is 0 Å². The third-order valence-corrected chi connectivity index (χ3v) is 2.25. The van der Waals surface area contributed by atoms with Crippen LogP contribution in [0.5, 0.6) is 0 Å². The van der Waals surface area contributed by atoms with Crippen LogP contribution in [0.15, 0.2) is 37.0 Å². The molecule has 1 aromatic carbocycles. The molecule has 0 saturated carbocycles. The lowest BCUT2D eigenvalue weighted by Gasteiger charge is -2.18. The van der Waals surface area contributed by atoms with E-state index < -0.39 is 0 Å². The molecule has 0 saturated heterocycles. The summed E-state index contributed by atoms with van der Waals surface area (Å²) in [5.74, 6) is -0.120. The normalized spacial score (nSPS) is 10.9. The van der Waals surface area contributed by atoms with Crippen LogP contribution in [0.1, 0.15) is 36.7 Å². The molecule has 2 nitrogen and oxygen atoms in total. The van der Waals surface area contributed by atoms with Gasteiger partial charge in [0.25, 0.3) is 5.91 Å². The van der Waals surface area contributed by atoms with Gasteiger partial charge in [0, 0.05) is 5.56 Å². The zero-order valence-corrected chi connectivity index (χ0v) is 9.50. The largest absolute Gasteiger partial charge is 0.329 e. The Balaban J connectivity index is 2.90. The molecule has 15 heavy (non-hydrogen) atoms. The maximum atomic E-state index is 11.4. The monoisotopic (exact) mass is 203 g/mol. The number of carbonyl (C=O) groups excluding carboxylic acids is 1. The maximum absolute atomic E-state index is 11.4. The predicted molar refractivity (Wildman–Crippen MR) is 62.8 cm³/mol. The number of benzene rings is 1. The first-order chi connectivity index (χ1) is 6.95. The molecule has 0 fully saturated rings. The van der Waals surface area contributed by atoms with Crippen LogP contribution in [-0.2, 0) is 5.41 Å². The lowest BCUT2D eigenvalue weighted by molar-refractivity contribution is 0.0970. The zero-order valence-electron chi connectivity index (χ0n) is 9.50. The number of hydrogen-bond donors (Lipinski definition) is 1. The van der Waals surface area contributed by atoms with Gasteiger partial charge in [0.05, 0.1) is 0 Å². The molecule has 0 radical (unpaired) electrons. The van der Waals surface area contributed by atoms with Gasteiger partial charge in [-0.1, -0.05) is 39.5 Å². The van der Waals surface area contributed by atoms with Gasteiger partial charge in [0.1, 0.15) is 0 Å². The minimum absolute atomic E-state index is 0.118. The standard InChI is InChI=1S/C13H17NO/c1-5-14-12(15)10-6-8-11(9-7-10)13(2,3)4/h5-9H,1H2,2-4H3,(H,14,15). The molecule has 1 amide bonds. The third-order valence-electron chi connectivity index (χ3n) is 2.25. The molecule has 0 aromatic heterocycles. The van der Waals surface area contributed by atoms with Gasteiger partial charge < -0.3 is 5.32 Å². The first-order valence-corrected chi connectivity index (χ1v) is 4.97. The van der Waals surface area contributed by atoms with Crippen molar-refractivity contribution >= 4 is 5.91 Å². The maximum Gasteiger partial charge on any atom is 0.255 e. The fourth-order valence-corrected chi connectivity index (χ4v) is 1.30. The predicted octanol–water partition coefficient (Wildman–Crippen LogP) is 2.86. The first kappa shape index (κ1) is 11.5. The second-order valence-electron chi connectivity index (χ2n) is 4.50. The number of carbonyl (C=O) groups is 1. The lowest BCUT2D eigenvalue weighted by Crippen LogP contribution is -2.17. The molecule has 0 aliphatic rings. The number of hydrogen-bond acceptors (Lipinski definition) is 1. The molecule has 0 aliphatic carbocycles. The molecule has 1 rings (SSSR count). The lowest BCUT2D eigenvalue weighted by atomic mass is 9.87. The fraction of sp³-hybridized carbons (Fsp3) is 0.308. The van der Waals surface area contributed by atoms with Crippen molar-refractivity contribution in [1.29, 1.82) is 0 Å². The van der Waals surface area contributed by atoms with Crippen LogP contribution in [0.2, 0.25) is 0 Å². The van der Waals surface area contributed by atoms with Crippen molar-refractivity contribution in [1.82, 2.24) is 5.32 Å². The number of nitrogens with one attached hydrogen (secondary N) is 1. The summed E-state index contributed by atoms with van der Waals surface area (Å²) >= 11 is 0. The van der Waals surface area contributed by atoms with E-state index in [1.165, 1.54) is 11.8 Å². The minimum Gasteiger partial charge on any atom is -0.329 e. The van der Waals surface area contributed by atoms with E-state index in [0.717, 1.165) is 0 Å². The van der Waals surface area contributed by atoms with Crippen LogP contribution in [0, 0.1) is 0 Å². The SMILES string of the molecule is C=CNC(=O)c1ccc(C(C)(C)C)cc1. The van der Waals surface area contributed by atoms with Crippen LogP contribution < -0.4 is 5.32 Å². The van der Waals surface area contributed by atoms with Gasteiger partial charge in [0.15, 0.2) is 0 Å². The van der Waals surface area contributed by atoms with E-state index in [1.54, 1.807) is 0 Å². The van der Waals surface area contributed by atoms with Gasteiger partial charge in [-0.05, 0) is 29.3 Å². The van der Waals surface area contributed by atoms with Crippen LogP contribution >= 0.6 is 0 Å². The Morgan fingerprint density at radius 2 is 1.80 bits per heavy atom. The van der Waals surface area contributed by atoms with E-state index in [-0.39, 0.29) is 11.3 Å². The Hall–Kier alpha value is -1.57. The topological polar surface area (TPSA) is 29.1 Å². The van der Waals surface area contributed by atoms with Gasteiger partial charge in [-0.2, -0.15) is 0 Å². The minimum atomic E-state index is -0.120. The van der Waals surface area contributed by atoms with Gasteiger partial charge in [-0.25, -0.2) is 0 Å². The van der Waals surface area contributed by atoms with Crippen molar-refractivity contribution in [3.63, 3.8) is 0 Å². The van der Waals surface area contributed by atoms with Gasteiger partial charge in [0.2, 0.25) is 0 Å². The van der Waals surface area contributed by atoms with Gasteiger partial charge >= 0.3 is 0 Å². The Kier molecular flexibility index (Phi) is 3.30. The summed E-state index contributed by atoms with van der Waals surface area (Å²) in [5.41, 5.74) is 1.99. The number of rotatable bonds is 2. The Morgan fingerprint density at radius 3 is 2.20 bits per heavy atom. The molecule has 1 N–H and O–H groups in total. The summed E-state index contributed by atoms with van der Waals surface area (Å²) in [5, 5.41) is 2.54. The summed E-state index contributed by atoms with van der Waals surface area (Å²) in [7, 11) is 0. The quantitative estimate of drug-likeness (QED) is 0.786. The smallest absolute Gasteiger partial charge is 0.255 e. The van der Waals surface area contributed by atoms with Crippen molar-refractivity contribution < 1.29 is 4.79 Å². The molecule has 2 heteroatoms. The summed E-state index contributed by atoms with van der Waals surface area (Å²) in [6, 6.07) is 7.63. The van der Waals surface area contributed by atoms with Gasteiger partial charge in [-0.3, -0.25) is 4.79 Å². The van der Waals surface area contributed by atoms with E-state index in [0.29, 0.717) is 5.56 Å². The van der Waals surface area contributed by atoms with Crippen LogP contribution in [-0.4, -0.2) is 5.91 Å². The van der Waals surface area contributed by atoms with E-state index in [1.807, 2.05) is 24.3 Å². The molecule has 0 heterocycles. The summed E-state index contributed by atoms with van der Waals surface area (Å²) < 4.78 is 0. The second kappa shape index (κ2) is 4.30. The molecule has 80 valence electrons. The Morgan fingerprint density at radius 1 is 1.27 bits per heavy atom. The van der Waals surface area contributed by atoms with Crippen molar-refractivity contribution in [3.05, 3.63) is 48.2 Å². The van der Waals surface area contributed by atoms with Gasteiger partial charge in [-0.15, -0.1) is 0 Å². The summed E-state index contributed by atoms with van der Waals surface area (Å²) in [4.78, 5) is 11.4. The highest BCUT2D eigenvalue weighted by molar-refractivity contribution is 5.94. The molecular formula is C13H17NO. The van der Waals surface area contributed by atoms with Crippen molar-refractivity contribution in [3.8, 4) is 0 Å². The van der Waals surface area contributed by atoms with Crippen molar-refractivity contribution in [2.45, 2.75) is 26.2 Å². The zero-order chi connectivity index (χ0) is 11.5. The highest BCUT2D eigenvalue weighted by atomic mass is 16.1. The molecule has 0 unspecified atom stereocenters. The molecule has 0 spiro atoms. The molecule has 0 aliphatic heterocycles. The summed E-state index contributed by atoms with van der Waals surface area (Å²) in [6.45, 7) is 9.89. The average Bonchev–Trinajstić information content (AvgIpc) is 2.17. The Bertz CT molecular complexity index is 357. The summed E-state index contributed by atoms with van der Waals surface area (Å²) in [6.07, 6.45) is 1.39. The number of amides is 1. The van der Waals surface area contributed by atoms with E-state index in [2.05, 4.69) is 32.7 Å². The second-order valence-corrected chi connectivity index (χ2v) is 4.50. The highest BCUT2D eigenvalue weighted by Gasteiger charge is 2.13. The van der Waals surface area contributed by atoms with Crippen LogP contribution in [0.25, 0.3) is 0 Å². The third kappa shape index (κ3) is 2.94. The molecular weight excluding hydrogens is 186 g/mol. The highest BCUT2D eigenvalue weighted by Crippen LogP contribution is 2.22. The average molecular weight is 203 g/mol. The van der Waals surface area contributed by atoms with Crippen molar-refractivity contribution in [2.24, 2.45) is 0 Å². The first-order valence-electron chi connectivity index (χ1n) is 4.97. The van der Waals surface area contributed by atoms with Crippen LogP contribution in [0.4, 0.5) is 0 Å². The molecule has 0 bridgehead atoms. The molecule has 0 atom stereocenters. The molecule has 1 aromatic rings. The van der Waals surface area contributed by atoms with Crippen LogP contribution in [0.3, 0.4) is 0 Å². The van der Waals surface area contributed by atoms with E-state index >= 15 is 0 Å². The van der Waals surface area contributed by atoms with E-state index in [4.69, 9.17) is 0 Å². The Labute approximate surface area is 91.0 Å².